The smallest absolute Gasteiger partial charge is 0.164 e. The predicted molar refractivity (Wildman–Crippen MR) is 239 cm³/mol. The molecule has 0 bridgehead atoms. The molecule has 0 aliphatic heterocycles. The Balaban J connectivity index is 0.989. The van der Waals surface area contributed by atoms with Crippen molar-refractivity contribution in [1.29, 1.82) is 5.26 Å². The highest BCUT2D eigenvalue weighted by molar-refractivity contribution is 6.30. The van der Waals surface area contributed by atoms with Crippen LogP contribution in [0.3, 0.4) is 0 Å². The van der Waals surface area contributed by atoms with E-state index >= 15 is 0 Å². The number of hydrogen-bond acceptors (Lipinski definition) is 5. The van der Waals surface area contributed by atoms with Crippen molar-refractivity contribution in [3.05, 3.63) is 200 Å². The van der Waals surface area contributed by atoms with Gasteiger partial charge in [0.15, 0.2) is 17.5 Å². The third-order valence-electron chi connectivity index (χ3n) is 11.2. The van der Waals surface area contributed by atoms with Gasteiger partial charge in [-0.2, -0.15) is 5.26 Å². The summed E-state index contributed by atoms with van der Waals surface area (Å²) in [5.74, 6) is 1.91. The van der Waals surface area contributed by atoms with E-state index in [-0.39, 0.29) is 0 Å². The molecule has 9 aromatic carbocycles. The number of nitrogens with zero attached hydrogens (tertiary/aromatic N) is 4. The fraction of sp³-hybridized carbons (Fsp3) is 0. The molecule has 0 aliphatic rings. The maximum absolute atomic E-state index is 9.88. The molecule has 0 radical (unpaired) electrons. The summed E-state index contributed by atoms with van der Waals surface area (Å²) < 4.78 is 6.69. The van der Waals surface area contributed by atoms with Crippen LogP contribution < -0.4 is 0 Å². The summed E-state index contributed by atoms with van der Waals surface area (Å²) in [6, 6.07) is 68.8. The normalized spacial score (nSPS) is 11.4. The number of para-hydroxylation sites is 1. The fourth-order valence-corrected chi connectivity index (χ4v) is 8.26. The second-order valence-electron chi connectivity index (χ2n) is 14.7. The Morgan fingerprint density at radius 2 is 0.847 bits per heavy atom. The van der Waals surface area contributed by atoms with Crippen LogP contribution in [0.25, 0.3) is 111 Å². The summed E-state index contributed by atoms with van der Waals surface area (Å²) in [4.78, 5) is 14.7. The van der Waals surface area contributed by atoms with E-state index in [0.29, 0.717) is 23.0 Å². The van der Waals surface area contributed by atoms with Gasteiger partial charge in [-0.25, -0.2) is 15.0 Å². The molecule has 2 heterocycles. The topological polar surface area (TPSA) is 75.6 Å². The largest absolute Gasteiger partial charge is 0.455 e. The molecule has 59 heavy (non-hydrogen) atoms. The highest BCUT2D eigenvalue weighted by atomic mass is 16.3. The Kier molecular flexibility index (Phi) is 8.13. The van der Waals surface area contributed by atoms with E-state index in [1.807, 2.05) is 97.1 Å². The van der Waals surface area contributed by atoms with Crippen molar-refractivity contribution >= 4 is 43.5 Å². The first kappa shape index (κ1) is 34.1. The predicted octanol–water partition coefficient (Wildman–Crippen LogP) is 14.0. The van der Waals surface area contributed by atoms with Gasteiger partial charge in [0, 0.05) is 32.8 Å². The van der Waals surface area contributed by atoms with Crippen LogP contribution in [0, 0.1) is 11.3 Å². The van der Waals surface area contributed by atoms with Crippen LogP contribution in [0.15, 0.2) is 199 Å². The minimum absolute atomic E-state index is 0.627. The van der Waals surface area contributed by atoms with Crippen molar-refractivity contribution in [2.24, 2.45) is 0 Å². The molecule has 0 aliphatic carbocycles. The number of rotatable bonds is 6. The molecule has 11 rings (SSSR count). The van der Waals surface area contributed by atoms with Crippen molar-refractivity contribution in [3.8, 4) is 73.6 Å². The molecule has 0 spiro atoms. The number of fused-ring (bicyclic) bond motifs is 8. The average molecular weight is 753 g/mol. The van der Waals surface area contributed by atoms with E-state index in [1.165, 1.54) is 0 Å². The molecule has 0 amide bonds. The van der Waals surface area contributed by atoms with Crippen molar-refractivity contribution in [2.75, 3.05) is 0 Å². The number of nitriles is 1. The fourth-order valence-electron chi connectivity index (χ4n) is 8.26. The lowest BCUT2D eigenvalue weighted by atomic mass is 9.91. The van der Waals surface area contributed by atoms with Crippen LogP contribution in [-0.4, -0.2) is 15.0 Å². The van der Waals surface area contributed by atoms with E-state index in [4.69, 9.17) is 19.4 Å². The quantitative estimate of drug-likeness (QED) is 0.158. The third kappa shape index (κ3) is 5.99. The zero-order valence-electron chi connectivity index (χ0n) is 31.7. The second kappa shape index (κ2) is 14.1. The van der Waals surface area contributed by atoms with Gasteiger partial charge >= 0.3 is 0 Å². The van der Waals surface area contributed by atoms with Crippen molar-refractivity contribution in [3.63, 3.8) is 0 Å². The minimum atomic E-state index is 0.627. The van der Waals surface area contributed by atoms with Crippen molar-refractivity contribution < 1.29 is 4.42 Å². The van der Waals surface area contributed by atoms with E-state index in [9.17, 15) is 5.26 Å². The summed E-state index contributed by atoms with van der Waals surface area (Å²) in [5, 5.41) is 16.5. The third-order valence-corrected chi connectivity index (χ3v) is 11.2. The van der Waals surface area contributed by atoms with E-state index < -0.39 is 0 Å². The van der Waals surface area contributed by atoms with Crippen LogP contribution in [0.1, 0.15) is 5.56 Å². The van der Waals surface area contributed by atoms with Gasteiger partial charge in [-0.15, -0.1) is 0 Å². The molecule has 0 N–H and O–H groups in total. The van der Waals surface area contributed by atoms with Crippen LogP contribution in [0.2, 0.25) is 0 Å². The molecule has 0 unspecified atom stereocenters. The molecule has 5 heteroatoms. The van der Waals surface area contributed by atoms with E-state index in [0.717, 1.165) is 93.6 Å². The van der Waals surface area contributed by atoms with Gasteiger partial charge in [-0.05, 0) is 79.9 Å². The van der Waals surface area contributed by atoms with E-state index in [2.05, 4.69) is 103 Å². The van der Waals surface area contributed by atoms with Gasteiger partial charge in [0.1, 0.15) is 11.2 Å². The average Bonchev–Trinajstić information content (AvgIpc) is 3.72. The lowest BCUT2D eigenvalue weighted by molar-refractivity contribution is 0.673. The molecule has 0 fully saturated rings. The Labute approximate surface area is 340 Å². The van der Waals surface area contributed by atoms with Gasteiger partial charge in [0.25, 0.3) is 0 Å². The first-order valence-electron chi connectivity index (χ1n) is 19.6. The molecule has 274 valence electrons. The molecule has 0 saturated heterocycles. The highest BCUT2D eigenvalue weighted by Crippen LogP contribution is 2.43. The maximum atomic E-state index is 9.88. The SMILES string of the molecule is N#Cc1ccccc1-c1ccc2c3ccc(-c4cccc(-c5ccc(-c6nc(-c7ccccc7)nc(-c7ccccc7)n6)cc5)c4)cc3c3oc4ccccc4c3c2c1. The van der Waals surface area contributed by atoms with Gasteiger partial charge in [0.2, 0.25) is 0 Å². The summed E-state index contributed by atoms with van der Waals surface area (Å²) in [6.07, 6.45) is 0. The molecule has 2 aromatic heterocycles. The Hall–Kier alpha value is -8.20. The molecule has 11 aromatic rings. The highest BCUT2D eigenvalue weighted by Gasteiger charge is 2.18. The maximum Gasteiger partial charge on any atom is 0.164 e. The molecular weight excluding hydrogens is 721 g/mol. The van der Waals surface area contributed by atoms with Crippen molar-refractivity contribution in [2.45, 2.75) is 0 Å². The molecule has 5 nitrogen and oxygen atoms in total. The van der Waals surface area contributed by atoms with Gasteiger partial charge in [-0.3, -0.25) is 0 Å². The number of benzene rings is 9. The number of furan rings is 1. The zero-order chi connectivity index (χ0) is 39.3. The molecule has 0 atom stereocenters. The summed E-state index contributed by atoms with van der Waals surface area (Å²) in [7, 11) is 0. The van der Waals surface area contributed by atoms with Crippen LogP contribution >= 0.6 is 0 Å². The summed E-state index contributed by atoms with van der Waals surface area (Å²) in [5.41, 5.74) is 11.5. The number of aromatic nitrogens is 3. The van der Waals surface area contributed by atoms with Crippen LogP contribution in [-0.2, 0) is 0 Å². The van der Waals surface area contributed by atoms with E-state index in [1.54, 1.807) is 0 Å². The Bertz CT molecular complexity index is 3380. The standard InChI is InChI=1S/C54H32N4O/c55-33-42-16-7-8-19-43(42)41-27-29-44-45-28-26-40(31-48(45)51-50(47(44)32-41)46-20-9-10-21-49(46)59-51)39-18-11-17-38(30-39)34-22-24-37(25-23-34)54-57-52(35-12-3-1-4-13-35)56-53(58-54)36-14-5-2-6-15-36/h1-32H. The Morgan fingerprint density at radius 1 is 0.356 bits per heavy atom. The van der Waals surface area contributed by atoms with Crippen molar-refractivity contribution in [1.82, 2.24) is 15.0 Å². The minimum Gasteiger partial charge on any atom is -0.455 e. The molecule has 0 saturated carbocycles. The second-order valence-corrected chi connectivity index (χ2v) is 14.7. The van der Waals surface area contributed by atoms with Crippen LogP contribution in [0.4, 0.5) is 0 Å². The van der Waals surface area contributed by atoms with Gasteiger partial charge in [0.05, 0.1) is 11.6 Å². The molecular formula is C54H32N4O. The van der Waals surface area contributed by atoms with Crippen LogP contribution in [0.5, 0.6) is 0 Å². The lowest BCUT2D eigenvalue weighted by Gasteiger charge is -2.12. The first-order chi connectivity index (χ1) is 29.2. The first-order valence-corrected chi connectivity index (χ1v) is 19.6. The van der Waals surface area contributed by atoms with Gasteiger partial charge < -0.3 is 4.42 Å². The monoisotopic (exact) mass is 752 g/mol. The Morgan fingerprint density at radius 3 is 1.54 bits per heavy atom. The summed E-state index contributed by atoms with van der Waals surface area (Å²) in [6.45, 7) is 0. The zero-order valence-corrected chi connectivity index (χ0v) is 31.7. The number of hydrogen-bond donors (Lipinski definition) is 0. The lowest BCUT2D eigenvalue weighted by Crippen LogP contribution is -2.00. The van der Waals surface area contributed by atoms with Gasteiger partial charge in [-0.1, -0.05) is 164 Å². The summed E-state index contributed by atoms with van der Waals surface area (Å²) >= 11 is 0.